The number of aliphatic hydroxyl groups excluding tert-OH is 1. The van der Waals surface area contributed by atoms with E-state index in [0.717, 1.165) is 30.5 Å². The summed E-state index contributed by atoms with van der Waals surface area (Å²) in [4.78, 5) is 13.5. The molecule has 1 heterocycles. The second-order valence-corrected chi connectivity index (χ2v) is 6.96. The van der Waals surface area contributed by atoms with Gasteiger partial charge in [-0.25, -0.2) is 0 Å². The van der Waals surface area contributed by atoms with Crippen molar-refractivity contribution in [3.05, 3.63) is 29.3 Å². The molecule has 1 aromatic carbocycles. The van der Waals surface area contributed by atoms with E-state index < -0.39 is 6.10 Å². The molecule has 1 saturated carbocycles. The van der Waals surface area contributed by atoms with Crippen LogP contribution in [0.15, 0.2) is 18.2 Å². The van der Waals surface area contributed by atoms with Gasteiger partial charge in [-0.3, -0.25) is 4.79 Å². The zero-order valence-electron chi connectivity index (χ0n) is 13.1. The minimum Gasteiger partial charge on any atom is -0.388 e. The molecule has 3 nitrogen and oxygen atoms in total. The molecular formula is C18H25NO2. The minimum atomic E-state index is -0.397. The first-order valence-electron chi connectivity index (χ1n) is 8.09. The lowest BCUT2D eigenvalue weighted by Crippen LogP contribution is -2.32. The number of hydrogen-bond acceptors (Lipinski definition) is 2. The molecule has 2 aliphatic rings. The highest BCUT2D eigenvalue weighted by molar-refractivity contribution is 5.95. The number of carbonyl (C=O) groups is 1. The molecule has 0 spiro atoms. The van der Waals surface area contributed by atoms with E-state index in [2.05, 4.69) is 13.0 Å². The molecular weight excluding hydrogens is 262 g/mol. The standard InChI is InChI=1S/C18H25NO2/c1-18(10-4-3-5-11-18)17(21)14-6-8-15-13(12-14)7-9-16(20)19(15)2/h6,8,12,17,21H,3-5,7,9-11H2,1-2H3. The maximum Gasteiger partial charge on any atom is 0.227 e. The van der Waals surface area contributed by atoms with Gasteiger partial charge in [0.05, 0.1) is 6.10 Å². The summed E-state index contributed by atoms with van der Waals surface area (Å²) in [7, 11) is 1.83. The molecule has 3 rings (SSSR count). The molecule has 21 heavy (non-hydrogen) atoms. The Bertz CT molecular complexity index is 546. The number of amides is 1. The average molecular weight is 287 g/mol. The molecule has 1 aliphatic heterocycles. The Kier molecular flexibility index (Phi) is 3.78. The quantitative estimate of drug-likeness (QED) is 0.903. The van der Waals surface area contributed by atoms with Gasteiger partial charge in [-0.05, 0) is 41.9 Å². The third-order valence-electron chi connectivity index (χ3n) is 5.42. The summed E-state index contributed by atoms with van der Waals surface area (Å²) in [5.74, 6) is 0.176. The molecule has 0 radical (unpaired) electrons. The maximum absolute atomic E-state index is 11.8. The number of anilines is 1. The van der Waals surface area contributed by atoms with Crippen LogP contribution in [0.3, 0.4) is 0 Å². The Labute approximate surface area is 127 Å². The lowest BCUT2D eigenvalue weighted by molar-refractivity contribution is -0.118. The van der Waals surface area contributed by atoms with E-state index in [1.165, 1.54) is 24.8 Å². The monoisotopic (exact) mass is 287 g/mol. The predicted molar refractivity (Wildman–Crippen MR) is 84.3 cm³/mol. The van der Waals surface area contributed by atoms with Gasteiger partial charge in [0.2, 0.25) is 5.91 Å². The first kappa shape index (κ1) is 14.6. The fourth-order valence-electron chi connectivity index (χ4n) is 3.88. The van der Waals surface area contributed by atoms with E-state index in [0.29, 0.717) is 6.42 Å². The van der Waals surface area contributed by atoms with Crippen molar-refractivity contribution in [1.82, 2.24) is 0 Å². The molecule has 1 atom stereocenters. The number of nitrogens with zero attached hydrogens (tertiary/aromatic N) is 1. The first-order valence-corrected chi connectivity index (χ1v) is 8.09. The third-order valence-corrected chi connectivity index (χ3v) is 5.42. The fourth-order valence-corrected chi connectivity index (χ4v) is 3.88. The number of rotatable bonds is 2. The van der Waals surface area contributed by atoms with Gasteiger partial charge < -0.3 is 10.0 Å². The van der Waals surface area contributed by atoms with Crippen molar-refractivity contribution in [2.75, 3.05) is 11.9 Å². The van der Waals surface area contributed by atoms with Crippen LogP contribution in [0, 0.1) is 5.41 Å². The molecule has 1 fully saturated rings. The average Bonchev–Trinajstić information content (AvgIpc) is 2.51. The summed E-state index contributed by atoms with van der Waals surface area (Å²) in [6.45, 7) is 2.21. The van der Waals surface area contributed by atoms with Gasteiger partial charge in [0.15, 0.2) is 0 Å². The van der Waals surface area contributed by atoms with E-state index in [-0.39, 0.29) is 11.3 Å². The van der Waals surface area contributed by atoms with Gasteiger partial charge in [-0.1, -0.05) is 38.3 Å². The van der Waals surface area contributed by atoms with Crippen LogP contribution in [0.4, 0.5) is 5.69 Å². The third kappa shape index (κ3) is 2.59. The van der Waals surface area contributed by atoms with Crippen LogP contribution in [0.2, 0.25) is 0 Å². The van der Waals surface area contributed by atoms with E-state index in [1.54, 1.807) is 4.90 Å². The lowest BCUT2D eigenvalue weighted by atomic mass is 9.70. The minimum absolute atomic E-state index is 0.00285. The van der Waals surface area contributed by atoms with Gasteiger partial charge in [-0.15, -0.1) is 0 Å². The van der Waals surface area contributed by atoms with Crippen molar-refractivity contribution in [2.45, 2.75) is 58.0 Å². The molecule has 1 amide bonds. The Morgan fingerprint density at radius 2 is 1.90 bits per heavy atom. The van der Waals surface area contributed by atoms with Gasteiger partial charge in [0.1, 0.15) is 0 Å². The lowest BCUT2D eigenvalue weighted by Gasteiger charge is -2.38. The summed E-state index contributed by atoms with van der Waals surface area (Å²) >= 11 is 0. The highest BCUT2D eigenvalue weighted by atomic mass is 16.3. The molecule has 1 aromatic rings. The smallest absolute Gasteiger partial charge is 0.227 e. The van der Waals surface area contributed by atoms with Crippen molar-refractivity contribution >= 4 is 11.6 Å². The van der Waals surface area contributed by atoms with Gasteiger partial charge >= 0.3 is 0 Å². The second-order valence-electron chi connectivity index (χ2n) is 6.96. The van der Waals surface area contributed by atoms with Crippen molar-refractivity contribution in [2.24, 2.45) is 5.41 Å². The highest BCUT2D eigenvalue weighted by Crippen LogP contribution is 2.46. The summed E-state index contributed by atoms with van der Waals surface area (Å²) < 4.78 is 0. The normalized spacial score (nSPS) is 22.8. The number of aliphatic hydroxyl groups is 1. The number of carbonyl (C=O) groups excluding carboxylic acids is 1. The van der Waals surface area contributed by atoms with Gasteiger partial charge in [-0.2, -0.15) is 0 Å². The van der Waals surface area contributed by atoms with Crippen LogP contribution < -0.4 is 4.90 Å². The largest absolute Gasteiger partial charge is 0.388 e. The Morgan fingerprint density at radius 1 is 1.19 bits per heavy atom. The summed E-state index contributed by atoms with van der Waals surface area (Å²) in [6, 6.07) is 6.11. The second kappa shape index (κ2) is 5.45. The van der Waals surface area contributed by atoms with Crippen LogP contribution in [0.5, 0.6) is 0 Å². The van der Waals surface area contributed by atoms with E-state index >= 15 is 0 Å². The van der Waals surface area contributed by atoms with Crippen LogP contribution in [0.25, 0.3) is 0 Å². The Morgan fingerprint density at radius 3 is 2.62 bits per heavy atom. The summed E-state index contributed by atoms with van der Waals surface area (Å²) in [5.41, 5.74) is 3.20. The predicted octanol–water partition coefficient (Wildman–Crippen LogP) is 3.60. The highest BCUT2D eigenvalue weighted by Gasteiger charge is 2.35. The van der Waals surface area contributed by atoms with Crippen LogP contribution in [-0.2, 0) is 11.2 Å². The fraction of sp³-hybridized carbons (Fsp3) is 0.611. The summed E-state index contributed by atoms with van der Waals surface area (Å²) in [6.07, 6.45) is 6.89. The van der Waals surface area contributed by atoms with Gasteiger partial charge in [0, 0.05) is 19.2 Å². The van der Waals surface area contributed by atoms with Crippen molar-refractivity contribution < 1.29 is 9.90 Å². The molecule has 1 unspecified atom stereocenters. The number of aryl methyl sites for hydroxylation is 1. The first-order chi connectivity index (χ1) is 10.0. The molecule has 0 bridgehead atoms. The van der Waals surface area contributed by atoms with Gasteiger partial charge in [0.25, 0.3) is 0 Å². The maximum atomic E-state index is 11.8. The summed E-state index contributed by atoms with van der Waals surface area (Å²) in [5, 5.41) is 10.8. The van der Waals surface area contributed by atoms with E-state index in [9.17, 15) is 9.90 Å². The molecule has 0 aromatic heterocycles. The molecule has 1 aliphatic carbocycles. The molecule has 3 heteroatoms. The topological polar surface area (TPSA) is 40.5 Å². The zero-order valence-corrected chi connectivity index (χ0v) is 13.1. The zero-order chi connectivity index (χ0) is 15.0. The number of fused-ring (bicyclic) bond motifs is 1. The van der Waals surface area contributed by atoms with Crippen LogP contribution in [-0.4, -0.2) is 18.1 Å². The molecule has 114 valence electrons. The number of hydrogen-bond donors (Lipinski definition) is 1. The van der Waals surface area contributed by atoms with E-state index in [1.807, 2.05) is 19.2 Å². The van der Waals surface area contributed by atoms with E-state index in [4.69, 9.17) is 0 Å². The Hall–Kier alpha value is -1.35. The number of benzene rings is 1. The molecule has 0 saturated heterocycles. The van der Waals surface area contributed by atoms with Crippen molar-refractivity contribution in [3.63, 3.8) is 0 Å². The molecule has 1 N–H and O–H groups in total. The SMILES string of the molecule is CN1C(=O)CCc2cc(C(O)C3(C)CCCCC3)ccc21. The van der Waals surface area contributed by atoms with Crippen molar-refractivity contribution in [1.29, 1.82) is 0 Å². The van der Waals surface area contributed by atoms with Crippen molar-refractivity contribution in [3.8, 4) is 0 Å². The Balaban J connectivity index is 1.88. The van der Waals surface area contributed by atoms with Crippen LogP contribution in [0.1, 0.15) is 62.7 Å². The van der Waals surface area contributed by atoms with Crippen LogP contribution >= 0.6 is 0 Å².